The Kier molecular flexibility index (Phi) is 3.94. The SMILES string of the molecule is CNC(=O)C1CN(Cc2nnsc2Cl)c2ccccc2O1. The van der Waals surface area contributed by atoms with Crippen LogP contribution in [-0.2, 0) is 11.3 Å². The highest BCUT2D eigenvalue weighted by Crippen LogP contribution is 2.34. The molecule has 0 aliphatic carbocycles. The molecule has 1 N–H and O–H groups in total. The molecule has 0 saturated carbocycles. The molecule has 21 heavy (non-hydrogen) atoms. The van der Waals surface area contributed by atoms with Crippen LogP contribution in [0.25, 0.3) is 0 Å². The molecule has 1 amide bonds. The minimum Gasteiger partial charge on any atom is -0.477 e. The summed E-state index contributed by atoms with van der Waals surface area (Å²) < 4.78 is 10.1. The van der Waals surface area contributed by atoms with Crippen LogP contribution in [-0.4, -0.2) is 35.2 Å². The lowest BCUT2D eigenvalue weighted by atomic mass is 10.1. The van der Waals surface area contributed by atoms with Crippen LogP contribution >= 0.6 is 23.1 Å². The molecule has 3 rings (SSSR count). The fourth-order valence-electron chi connectivity index (χ4n) is 2.23. The first kappa shape index (κ1) is 14.1. The number of halogens is 1. The molecule has 0 fully saturated rings. The summed E-state index contributed by atoms with van der Waals surface area (Å²) in [6, 6.07) is 7.60. The topological polar surface area (TPSA) is 67.4 Å². The van der Waals surface area contributed by atoms with Crippen molar-refractivity contribution in [1.29, 1.82) is 0 Å². The maximum Gasteiger partial charge on any atom is 0.262 e. The number of hydrogen-bond donors (Lipinski definition) is 1. The number of carbonyl (C=O) groups is 1. The first-order chi connectivity index (χ1) is 10.2. The third-order valence-electron chi connectivity index (χ3n) is 3.25. The van der Waals surface area contributed by atoms with E-state index in [1.54, 1.807) is 7.05 Å². The molecular formula is C13H13ClN4O2S. The van der Waals surface area contributed by atoms with Gasteiger partial charge in [0.1, 0.15) is 15.8 Å². The van der Waals surface area contributed by atoms with Crippen molar-refractivity contribution < 1.29 is 9.53 Å². The van der Waals surface area contributed by atoms with E-state index in [4.69, 9.17) is 16.3 Å². The molecule has 1 atom stereocenters. The second kappa shape index (κ2) is 5.87. The minimum absolute atomic E-state index is 0.156. The Balaban J connectivity index is 1.90. The van der Waals surface area contributed by atoms with Gasteiger partial charge in [-0.05, 0) is 12.1 Å². The lowest BCUT2D eigenvalue weighted by Gasteiger charge is -2.35. The van der Waals surface area contributed by atoms with Gasteiger partial charge in [0.05, 0.1) is 18.8 Å². The average Bonchev–Trinajstić information content (AvgIpc) is 2.91. The van der Waals surface area contributed by atoms with Gasteiger partial charge in [-0.2, -0.15) is 0 Å². The number of anilines is 1. The minimum atomic E-state index is -0.560. The molecule has 8 heteroatoms. The molecule has 0 spiro atoms. The van der Waals surface area contributed by atoms with Crippen LogP contribution in [0.5, 0.6) is 5.75 Å². The third kappa shape index (κ3) is 2.79. The Morgan fingerprint density at radius 2 is 2.38 bits per heavy atom. The monoisotopic (exact) mass is 324 g/mol. The summed E-state index contributed by atoms with van der Waals surface area (Å²) in [7, 11) is 1.60. The molecule has 6 nitrogen and oxygen atoms in total. The van der Waals surface area contributed by atoms with Crippen molar-refractivity contribution in [2.45, 2.75) is 12.6 Å². The number of likely N-dealkylation sites (N-methyl/N-ethyl adjacent to an activating group) is 1. The van der Waals surface area contributed by atoms with Crippen molar-refractivity contribution in [3.63, 3.8) is 0 Å². The average molecular weight is 325 g/mol. The number of rotatable bonds is 3. The Bertz CT molecular complexity index is 663. The maximum absolute atomic E-state index is 11.9. The van der Waals surface area contributed by atoms with E-state index in [0.717, 1.165) is 17.2 Å². The predicted octanol–water partition coefficient (Wildman–Crippen LogP) is 1.71. The Morgan fingerprint density at radius 1 is 1.57 bits per heavy atom. The first-order valence-corrected chi connectivity index (χ1v) is 7.53. The third-order valence-corrected chi connectivity index (χ3v) is 4.23. The number of amides is 1. The number of para-hydroxylation sites is 2. The summed E-state index contributed by atoms with van der Waals surface area (Å²) in [5.41, 5.74) is 1.62. The highest BCUT2D eigenvalue weighted by molar-refractivity contribution is 7.10. The van der Waals surface area contributed by atoms with Crippen molar-refractivity contribution in [2.24, 2.45) is 0 Å². The lowest BCUT2D eigenvalue weighted by molar-refractivity contribution is -0.127. The largest absolute Gasteiger partial charge is 0.477 e. The smallest absolute Gasteiger partial charge is 0.262 e. The number of nitrogens with one attached hydrogen (secondary N) is 1. The maximum atomic E-state index is 11.9. The standard InChI is InChI=1S/C13H13ClN4O2S/c1-15-13(19)11-7-18(6-8-12(14)21-17-16-8)9-4-2-3-5-10(9)20-11/h2-5,11H,6-7H2,1H3,(H,15,19). The van der Waals surface area contributed by atoms with E-state index in [2.05, 4.69) is 14.9 Å². The zero-order valence-corrected chi connectivity index (χ0v) is 12.8. The second-order valence-electron chi connectivity index (χ2n) is 4.56. The lowest BCUT2D eigenvalue weighted by Crippen LogP contribution is -2.48. The van der Waals surface area contributed by atoms with Gasteiger partial charge in [0.25, 0.3) is 5.91 Å². The predicted molar refractivity (Wildman–Crippen MR) is 80.9 cm³/mol. The van der Waals surface area contributed by atoms with E-state index in [-0.39, 0.29) is 5.91 Å². The molecule has 110 valence electrons. The van der Waals surface area contributed by atoms with Gasteiger partial charge in [0.15, 0.2) is 6.10 Å². The Labute approximate surface area is 130 Å². The van der Waals surface area contributed by atoms with E-state index in [9.17, 15) is 4.79 Å². The molecule has 2 aromatic rings. The zero-order valence-electron chi connectivity index (χ0n) is 11.2. The van der Waals surface area contributed by atoms with Crippen molar-refractivity contribution in [3.05, 3.63) is 34.3 Å². The van der Waals surface area contributed by atoms with Crippen LogP contribution in [0.15, 0.2) is 24.3 Å². The van der Waals surface area contributed by atoms with E-state index in [0.29, 0.717) is 28.9 Å². The molecule has 1 aliphatic heterocycles. The number of benzene rings is 1. The number of ether oxygens (including phenoxy) is 1. The number of fused-ring (bicyclic) bond motifs is 1. The molecule has 2 heterocycles. The Hall–Kier alpha value is -1.86. The summed E-state index contributed by atoms with van der Waals surface area (Å²) in [4.78, 5) is 13.9. The first-order valence-electron chi connectivity index (χ1n) is 6.38. The van der Waals surface area contributed by atoms with Crippen LogP contribution in [0.1, 0.15) is 5.69 Å². The van der Waals surface area contributed by atoms with Gasteiger partial charge < -0.3 is 15.0 Å². The molecule has 0 saturated heterocycles. The molecule has 1 unspecified atom stereocenters. The number of aromatic nitrogens is 2. The highest BCUT2D eigenvalue weighted by atomic mass is 35.5. The highest BCUT2D eigenvalue weighted by Gasteiger charge is 2.30. The molecule has 1 aromatic carbocycles. The molecule has 0 bridgehead atoms. The number of carbonyl (C=O) groups excluding carboxylic acids is 1. The number of hydrogen-bond acceptors (Lipinski definition) is 6. The number of nitrogens with zero attached hydrogens (tertiary/aromatic N) is 3. The van der Waals surface area contributed by atoms with Gasteiger partial charge >= 0.3 is 0 Å². The van der Waals surface area contributed by atoms with Crippen molar-refractivity contribution in [3.8, 4) is 5.75 Å². The van der Waals surface area contributed by atoms with Crippen LogP contribution < -0.4 is 15.0 Å². The van der Waals surface area contributed by atoms with Gasteiger partial charge in [-0.25, -0.2) is 0 Å². The molecule has 1 aromatic heterocycles. The zero-order chi connectivity index (χ0) is 14.8. The normalized spacial score (nSPS) is 17.0. The summed E-state index contributed by atoms with van der Waals surface area (Å²) >= 11 is 7.22. The van der Waals surface area contributed by atoms with Gasteiger partial charge in [0.2, 0.25) is 0 Å². The van der Waals surface area contributed by atoms with Crippen LogP contribution in [0, 0.1) is 0 Å². The van der Waals surface area contributed by atoms with E-state index < -0.39 is 6.10 Å². The molecular weight excluding hydrogens is 312 g/mol. The van der Waals surface area contributed by atoms with Crippen LogP contribution in [0.3, 0.4) is 0 Å². The van der Waals surface area contributed by atoms with Crippen LogP contribution in [0.4, 0.5) is 5.69 Å². The van der Waals surface area contributed by atoms with Gasteiger partial charge in [-0.15, -0.1) is 5.10 Å². The fraction of sp³-hybridized carbons (Fsp3) is 0.308. The quantitative estimate of drug-likeness (QED) is 0.931. The van der Waals surface area contributed by atoms with Gasteiger partial charge in [-0.1, -0.05) is 28.2 Å². The Morgan fingerprint density at radius 3 is 3.10 bits per heavy atom. The fourth-order valence-corrected chi connectivity index (χ4v) is 2.84. The summed E-state index contributed by atoms with van der Waals surface area (Å²) in [5, 5.41) is 6.64. The summed E-state index contributed by atoms with van der Waals surface area (Å²) in [6.45, 7) is 0.924. The van der Waals surface area contributed by atoms with E-state index in [1.807, 2.05) is 29.2 Å². The van der Waals surface area contributed by atoms with Gasteiger partial charge in [0, 0.05) is 18.6 Å². The van der Waals surface area contributed by atoms with Crippen molar-refractivity contribution in [2.75, 3.05) is 18.5 Å². The van der Waals surface area contributed by atoms with Crippen molar-refractivity contribution in [1.82, 2.24) is 14.9 Å². The molecule has 1 aliphatic rings. The second-order valence-corrected chi connectivity index (χ2v) is 5.92. The van der Waals surface area contributed by atoms with E-state index in [1.165, 1.54) is 0 Å². The van der Waals surface area contributed by atoms with Crippen molar-refractivity contribution >= 4 is 34.7 Å². The summed E-state index contributed by atoms with van der Waals surface area (Å²) in [5.74, 6) is 0.522. The molecule has 0 radical (unpaired) electrons. The van der Waals surface area contributed by atoms with E-state index >= 15 is 0 Å². The summed E-state index contributed by atoms with van der Waals surface area (Å²) in [6.07, 6.45) is -0.560. The van der Waals surface area contributed by atoms with Crippen LogP contribution in [0.2, 0.25) is 4.34 Å². The van der Waals surface area contributed by atoms with Gasteiger partial charge in [-0.3, -0.25) is 4.79 Å².